The third kappa shape index (κ3) is 1.85. The van der Waals surface area contributed by atoms with Gasteiger partial charge in [-0.1, -0.05) is 18.2 Å². The maximum atomic E-state index is 11.6. The summed E-state index contributed by atoms with van der Waals surface area (Å²) in [5.74, 6) is -2.45. The average Bonchev–Trinajstić information content (AvgIpc) is 2.27. The number of fused-ring (bicyclic) bond motifs is 1. The highest BCUT2D eigenvalue weighted by Crippen LogP contribution is 2.26. The third-order valence-electron chi connectivity index (χ3n) is 2.63. The molecule has 2 rings (SSSR count). The number of aliphatic carboxylic acids is 1. The highest BCUT2D eigenvalue weighted by molar-refractivity contribution is 6.42. The van der Waals surface area contributed by atoms with Gasteiger partial charge in [-0.2, -0.15) is 0 Å². The van der Waals surface area contributed by atoms with Gasteiger partial charge in [-0.15, -0.1) is 0 Å². The summed E-state index contributed by atoms with van der Waals surface area (Å²) >= 11 is 0. The molecule has 2 aromatic rings. The van der Waals surface area contributed by atoms with Crippen molar-refractivity contribution in [3.63, 3.8) is 0 Å². The number of phenolic OH excluding ortho intramolecular Hbond substituents is 1. The third-order valence-corrected chi connectivity index (χ3v) is 2.63. The number of hydrogen-bond donors (Lipinski definition) is 2. The van der Waals surface area contributed by atoms with E-state index >= 15 is 0 Å². The number of rotatable bonds is 2. The van der Waals surface area contributed by atoms with Crippen LogP contribution in [0.3, 0.4) is 0 Å². The number of carboxylic acids is 1. The van der Waals surface area contributed by atoms with Gasteiger partial charge in [0.15, 0.2) is 0 Å². The molecule has 0 atom stereocenters. The minimum atomic E-state index is -1.50. The van der Waals surface area contributed by atoms with Crippen LogP contribution < -0.4 is 0 Å². The highest BCUT2D eigenvalue weighted by Gasteiger charge is 2.19. The zero-order chi connectivity index (χ0) is 12.6. The van der Waals surface area contributed by atoms with E-state index in [0.717, 1.165) is 5.39 Å². The smallest absolute Gasteiger partial charge is 0.377 e. The van der Waals surface area contributed by atoms with Gasteiger partial charge in [0.25, 0.3) is 5.78 Å². The fraction of sp³-hybridized carbons (Fsp3) is 0.0769. The fourth-order valence-electron chi connectivity index (χ4n) is 1.82. The summed E-state index contributed by atoms with van der Waals surface area (Å²) in [5, 5.41) is 19.4. The van der Waals surface area contributed by atoms with Crippen molar-refractivity contribution in [1.82, 2.24) is 0 Å². The minimum Gasteiger partial charge on any atom is -0.508 e. The predicted octanol–water partition coefficient (Wildman–Crippen LogP) is 2.12. The molecular formula is C13H10O4. The zero-order valence-corrected chi connectivity index (χ0v) is 9.10. The van der Waals surface area contributed by atoms with Crippen molar-refractivity contribution in [3.8, 4) is 5.75 Å². The number of phenols is 1. The van der Waals surface area contributed by atoms with Crippen LogP contribution in [0.25, 0.3) is 10.8 Å². The molecule has 2 aromatic carbocycles. The molecule has 0 unspecified atom stereocenters. The van der Waals surface area contributed by atoms with Gasteiger partial charge < -0.3 is 10.2 Å². The summed E-state index contributed by atoms with van der Waals surface area (Å²) in [7, 11) is 0. The van der Waals surface area contributed by atoms with Gasteiger partial charge in [-0.3, -0.25) is 4.79 Å². The van der Waals surface area contributed by atoms with Crippen LogP contribution in [0, 0.1) is 6.92 Å². The van der Waals surface area contributed by atoms with Crippen molar-refractivity contribution in [2.24, 2.45) is 0 Å². The van der Waals surface area contributed by atoms with E-state index < -0.39 is 11.8 Å². The van der Waals surface area contributed by atoms with Crippen molar-refractivity contribution in [3.05, 3.63) is 41.5 Å². The minimum absolute atomic E-state index is 0.00235. The van der Waals surface area contributed by atoms with E-state index in [9.17, 15) is 14.7 Å². The Bertz CT molecular complexity index is 623. The van der Waals surface area contributed by atoms with E-state index in [1.54, 1.807) is 25.1 Å². The van der Waals surface area contributed by atoms with Gasteiger partial charge in [-0.25, -0.2) is 4.79 Å². The largest absolute Gasteiger partial charge is 0.508 e. The molecule has 2 N–H and O–H groups in total. The SMILES string of the molecule is Cc1ccc2ccc(O)cc2c1C(=O)C(=O)O. The van der Waals surface area contributed by atoms with Crippen molar-refractivity contribution in [2.45, 2.75) is 6.92 Å². The second-order valence-electron chi connectivity index (χ2n) is 3.80. The van der Waals surface area contributed by atoms with Crippen LogP contribution in [-0.2, 0) is 4.79 Å². The first kappa shape index (κ1) is 11.1. The molecule has 0 fully saturated rings. The Morgan fingerprint density at radius 3 is 2.41 bits per heavy atom. The first-order chi connectivity index (χ1) is 8.00. The van der Waals surface area contributed by atoms with Gasteiger partial charge >= 0.3 is 5.97 Å². The van der Waals surface area contributed by atoms with E-state index in [-0.39, 0.29) is 11.3 Å². The Morgan fingerprint density at radius 2 is 1.76 bits per heavy atom. The van der Waals surface area contributed by atoms with Crippen molar-refractivity contribution in [2.75, 3.05) is 0 Å². The number of carbonyl (C=O) groups excluding carboxylic acids is 1. The van der Waals surface area contributed by atoms with E-state index in [0.29, 0.717) is 10.9 Å². The lowest BCUT2D eigenvalue weighted by Gasteiger charge is -2.07. The van der Waals surface area contributed by atoms with Crippen LogP contribution >= 0.6 is 0 Å². The van der Waals surface area contributed by atoms with E-state index in [2.05, 4.69) is 0 Å². The lowest BCUT2D eigenvalue weighted by Crippen LogP contribution is -2.14. The van der Waals surface area contributed by atoms with Crippen LogP contribution in [-0.4, -0.2) is 22.0 Å². The molecule has 0 saturated carbocycles. The van der Waals surface area contributed by atoms with E-state index in [1.165, 1.54) is 12.1 Å². The molecular weight excluding hydrogens is 220 g/mol. The molecule has 0 radical (unpaired) electrons. The Balaban J connectivity index is 2.83. The molecule has 0 saturated heterocycles. The zero-order valence-electron chi connectivity index (χ0n) is 9.10. The molecule has 17 heavy (non-hydrogen) atoms. The van der Waals surface area contributed by atoms with Gasteiger partial charge in [0.2, 0.25) is 0 Å². The summed E-state index contributed by atoms with van der Waals surface area (Å²) in [6, 6.07) is 8.01. The quantitative estimate of drug-likeness (QED) is 0.612. The normalized spacial score (nSPS) is 10.4. The van der Waals surface area contributed by atoms with Gasteiger partial charge in [-0.05, 0) is 35.4 Å². The lowest BCUT2D eigenvalue weighted by molar-refractivity contribution is -0.131. The maximum absolute atomic E-state index is 11.6. The summed E-state index contributed by atoms with van der Waals surface area (Å²) < 4.78 is 0. The number of aromatic hydroxyl groups is 1. The molecule has 0 spiro atoms. The van der Waals surface area contributed by atoms with Crippen LogP contribution in [0.4, 0.5) is 0 Å². The monoisotopic (exact) mass is 230 g/mol. The van der Waals surface area contributed by atoms with Crippen molar-refractivity contribution in [1.29, 1.82) is 0 Å². The molecule has 4 nitrogen and oxygen atoms in total. The van der Waals surface area contributed by atoms with Crippen molar-refractivity contribution >= 4 is 22.5 Å². The summed E-state index contributed by atoms with van der Waals surface area (Å²) in [4.78, 5) is 22.4. The lowest BCUT2D eigenvalue weighted by atomic mass is 9.96. The second kappa shape index (κ2) is 3.90. The molecule has 0 aliphatic carbocycles. The first-order valence-corrected chi connectivity index (χ1v) is 5.00. The Kier molecular flexibility index (Phi) is 2.55. The standard InChI is InChI=1S/C13H10O4/c1-7-2-3-8-4-5-9(14)6-10(8)11(7)12(15)13(16)17/h2-6,14H,1H3,(H,16,17). The van der Waals surface area contributed by atoms with Crippen molar-refractivity contribution < 1.29 is 19.8 Å². The highest BCUT2D eigenvalue weighted by atomic mass is 16.4. The van der Waals surface area contributed by atoms with E-state index in [1.807, 2.05) is 0 Å². The number of aryl methyl sites for hydroxylation is 1. The Hall–Kier alpha value is -2.36. The predicted molar refractivity (Wildman–Crippen MR) is 62.3 cm³/mol. The van der Waals surface area contributed by atoms with Gasteiger partial charge in [0, 0.05) is 5.56 Å². The number of hydrogen-bond acceptors (Lipinski definition) is 3. The first-order valence-electron chi connectivity index (χ1n) is 5.00. The molecule has 0 heterocycles. The number of carbonyl (C=O) groups is 2. The van der Waals surface area contributed by atoms with Crippen LogP contribution in [0.15, 0.2) is 30.3 Å². The molecule has 4 heteroatoms. The number of ketones is 1. The summed E-state index contributed by atoms with van der Waals surface area (Å²) in [6.45, 7) is 1.67. The topological polar surface area (TPSA) is 74.6 Å². The molecule has 0 amide bonds. The second-order valence-corrected chi connectivity index (χ2v) is 3.80. The van der Waals surface area contributed by atoms with Gasteiger partial charge in [0.05, 0.1) is 0 Å². The number of carboxylic acid groups (broad SMARTS) is 1. The molecule has 0 bridgehead atoms. The summed E-state index contributed by atoms with van der Waals surface area (Å²) in [6.07, 6.45) is 0. The van der Waals surface area contributed by atoms with Crippen LogP contribution in [0.5, 0.6) is 5.75 Å². The molecule has 0 aliphatic rings. The van der Waals surface area contributed by atoms with Crippen LogP contribution in [0.2, 0.25) is 0 Å². The Labute approximate surface area is 97.1 Å². The molecule has 86 valence electrons. The number of Topliss-reactive ketones (excluding diaryl/α,β-unsaturated/α-hetero) is 1. The van der Waals surface area contributed by atoms with E-state index in [4.69, 9.17) is 5.11 Å². The van der Waals surface area contributed by atoms with Gasteiger partial charge in [0.1, 0.15) is 5.75 Å². The summed E-state index contributed by atoms with van der Waals surface area (Å²) in [5.41, 5.74) is 0.710. The molecule has 0 aliphatic heterocycles. The number of benzene rings is 2. The maximum Gasteiger partial charge on any atom is 0.377 e. The average molecular weight is 230 g/mol. The fourth-order valence-corrected chi connectivity index (χ4v) is 1.82. The van der Waals surface area contributed by atoms with Crippen LogP contribution in [0.1, 0.15) is 15.9 Å². The molecule has 0 aromatic heterocycles. The Morgan fingerprint density at radius 1 is 1.12 bits per heavy atom.